The molecule has 0 aliphatic carbocycles. The second-order valence-electron chi connectivity index (χ2n) is 5.29. The zero-order chi connectivity index (χ0) is 16.5. The van der Waals surface area contributed by atoms with Gasteiger partial charge in [-0.2, -0.15) is 0 Å². The highest BCUT2D eigenvalue weighted by Crippen LogP contribution is 2.13. The Morgan fingerprint density at radius 1 is 1.17 bits per heavy atom. The van der Waals surface area contributed by atoms with Crippen molar-refractivity contribution in [1.82, 2.24) is 5.32 Å². The molecule has 0 spiro atoms. The summed E-state index contributed by atoms with van der Waals surface area (Å²) in [6, 6.07) is 15.6. The van der Waals surface area contributed by atoms with E-state index in [9.17, 15) is 4.79 Å². The number of urea groups is 1. The van der Waals surface area contributed by atoms with Gasteiger partial charge in [0, 0.05) is 16.4 Å². The van der Waals surface area contributed by atoms with Crippen LogP contribution in [0.2, 0.25) is 0 Å². The van der Waals surface area contributed by atoms with E-state index in [-0.39, 0.29) is 6.03 Å². The molecule has 2 aromatic carbocycles. The van der Waals surface area contributed by atoms with Crippen molar-refractivity contribution in [2.24, 2.45) is 0 Å². The maximum Gasteiger partial charge on any atom is 0.323 e. The summed E-state index contributed by atoms with van der Waals surface area (Å²) in [5.74, 6) is 0. The summed E-state index contributed by atoms with van der Waals surface area (Å²) in [5, 5.41) is 5.51. The van der Waals surface area contributed by atoms with Gasteiger partial charge in [0.05, 0.1) is 0 Å². The van der Waals surface area contributed by atoms with E-state index in [2.05, 4.69) is 45.6 Å². The molecule has 0 saturated carbocycles. The Bertz CT molecular complexity index is 665. The Morgan fingerprint density at radius 2 is 1.96 bits per heavy atom. The molecule has 4 heteroatoms. The quantitative estimate of drug-likeness (QED) is 0.682. The summed E-state index contributed by atoms with van der Waals surface area (Å²) in [6.07, 6.45) is 6.93. The zero-order valence-corrected chi connectivity index (χ0v) is 14.8. The number of carbonyl (C=O) groups excluding carboxylic acids is 1. The summed E-state index contributed by atoms with van der Waals surface area (Å²) in [5.41, 5.74) is 3.10. The number of benzene rings is 2. The van der Waals surface area contributed by atoms with E-state index in [1.165, 1.54) is 18.4 Å². The molecule has 3 nitrogen and oxygen atoms in total. The molecule has 2 aromatic rings. The first-order chi connectivity index (χ1) is 11.2. The van der Waals surface area contributed by atoms with Crippen LogP contribution in [0.4, 0.5) is 10.5 Å². The lowest BCUT2D eigenvalue weighted by atomic mass is 10.1. The number of carbonyl (C=O) groups is 1. The topological polar surface area (TPSA) is 41.1 Å². The van der Waals surface area contributed by atoms with Gasteiger partial charge in [-0.3, -0.25) is 0 Å². The molecule has 0 saturated heterocycles. The van der Waals surface area contributed by atoms with Gasteiger partial charge < -0.3 is 10.6 Å². The Hall–Kier alpha value is -2.07. The Labute approximate surface area is 145 Å². The fraction of sp³-hybridized carbons (Fsp3) is 0.211. The van der Waals surface area contributed by atoms with Crippen molar-refractivity contribution in [3.63, 3.8) is 0 Å². The van der Waals surface area contributed by atoms with Crippen LogP contribution in [0, 0.1) is 0 Å². The average molecular weight is 373 g/mol. The zero-order valence-electron chi connectivity index (χ0n) is 13.2. The highest BCUT2D eigenvalue weighted by Gasteiger charge is 1.99. The standard InChI is InChI=1S/C19H21BrN2O/c1-2-3-5-15-8-10-18(11-9-15)22-19(23)21-13-12-16-6-4-7-17(20)14-16/h4,6-14H,2-3,5H2,1H3,(H2,21,22,23)/b13-12+. The molecule has 0 heterocycles. The summed E-state index contributed by atoms with van der Waals surface area (Å²) in [6.45, 7) is 2.18. The molecule has 0 atom stereocenters. The van der Waals surface area contributed by atoms with Gasteiger partial charge >= 0.3 is 6.03 Å². The van der Waals surface area contributed by atoms with Crippen LogP contribution in [0.15, 0.2) is 59.2 Å². The van der Waals surface area contributed by atoms with Crippen LogP contribution >= 0.6 is 15.9 Å². The van der Waals surface area contributed by atoms with Gasteiger partial charge in [-0.15, -0.1) is 0 Å². The number of nitrogens with one attached hydrogen (secondary N) is 2. The fourth-order valence-corrected chi connectivity index (χ4v) is 2.54. The number of amides is 2. The molecule has 2 N–H and O–H groups in total. The predicted octanol–water partition coefficient (Wildman–Crippen LogP) is 5.58. The number of rotatable bonds is 6. The average Bonchev–Trinajstić information content (AvgIpc) is 2.54. The van der Waals surface area contributed by atoms with Crippen LogP contribution in [-0.4, -0.2) is 6.03 Å². The minimum absolute atomic E-state index is 0.252. The van der Waals surface area contributed by atoms with Gasteiger partial charge in [0.1, 0.15) is 0 Å². The molecule has 0 fully saturated rings. The highest BCUT2D eigenvalue weighted by molar-refractivity contribution is 9.10. The second kappa shape index (κ2) is 9.16. The van der Waals surface area contributed by atoms with Crippen LogP contribution in [0.5, 0.6) is 0 Å². The van der Waals surface area contributed by atoms with Gasteiger partial charge in [-0.1, -0.05) is 53.5 Å². The number of halogens is 1. The van der Waals surface area contributed by atoms with Crippen LogP contribution in [0.3, 0.4) is 0 Å². The summed E-state index contributed by atoms with van der Waals surface area (Å²) < 4.78 is 1.01. The number of unbranched alkanes of at least 4 members (excludes halogenated alkanes) is 1. The molecule has 23 heavy (non-hydrogen) atoms. The SMILES string of the molecule is CCCCc1ccc(NC(=O)N/C=C/c2cccc(Br)c2)cc1. The van der Waals surface area contributed by atoms with Crippen LogP contribution in [0.1, 0.15) is 30.9 Å². The Kier molecular flexibility index (Phi) is 6.88. The van der Waals surface area contributed by atoms with Crippen molar-refractivity contribution < 1.29 is 4.79 Å². The first-order valence-electron chi connectivity index (χ1n) is 7.76. The summed E-state index contributed by atoms with van der Waals surface area (Å²) in [7, 11) is 0. The van der Waals surface area contributed by atoms with Gasteiger partial charge in [-0.05, 0) is 54.3 Å². The van der Waals surface area contributed by atoms with E-state index in [1.807, 2.05) is 42.5 Å². The lowest BCUT2D eigenvalue weighted by Gasteiger charge is -2.06. The van der Waals surface area contributed by atoms with E-state index >= 15 is 0 Å². The smallest absolute Gasteiger partial charge is 0.314 e. The van der Waals surface area contributed by atoms with Crippen molar-refractivity contribution in [2.75, 3.05) is 5.32 Å². The Morgan fingerprint density at radius 3 is 2.65 bits per heavy atom. The molecule has 0 aromatic heterocycles. The maximum absolute atomic E-state index is 11.8. The predicted molar refractivity (Wildman–Crippen MR) is 100 cm³/mol. The van der Waals surface area contributed by atoms with Crippen molar-refractivity contribution >= 4 is 33.7 Å². The summed E-state index contributed by atoms with van der Waals surface area (Å²) >= 11 is 3.42. The van der Waals surface area contributed by atoms with Gasteiger partial charge in [-0.25, -0.2) is 4.79 Å². The molecule has 120 valence electrons. The third-order valence-electron chi connectivity index (χ3n) is 3.37. The van der Waals surface area contributed by atoms with Crippen molar-refractivity contribution in [1.29, 1.82) is 0 Å². The lowest BCUT2D eigenvalue weighted by Crippen LogP contribution is -2.23. The van der Waals surface area contributed by atoms with Gasteiger partial charge in [0.15, 0.2) is 0 Å². The first-order valence-corrected chi connectivity index (χ1v) is 8.55. The van der Waals surface area contributed by atoms with E-state index in [0.717, 1.165) is 22.1 Å². The molecule has 0 unspecified atom stereocenters. The molecule has 0 aliphatic heterocycles. The van der Waals surface area contributed by atoms with E-state index in [1.54, 1.807) is 6.20 Å². The van der Waals surface area contributed by atoms with Crippen LogP contribution in [-0.2, 0) is 6.42 Å². The van der Waals surface area contributed by atoms with Crippen LogP contribution in [0.25, 0.3) is 6.08 Å². The molecular formula is C19H21BrN2O. The fourth-order valence-electron chi connectivity index (χ4n) is 2.13. The Balaban J connectivity index is 1.82. The molecule has 0 aliphatic rings. The molecule has 2 amide bonds. The number of hydrogen-bond donors (Lipinski definition) is 2. The van der Waals surface area contributed by atoms with Crippen molar-refractivity contribution in [3.8, 4) is 0 Å². The van der Waals surface area contributed by atoms with Gasteiger partial charge in [0.25, 0.3) is 0 Å². The van der Waals surface area contributed by atoms with Crippen molar-refractivity contribution in [2.45, 2.75) is 26.2 Å². The summed E-state index contributed by atoms with van der Waals surface area (Å²) in [4.78, 5) is 11.8. The normalized spacial score (nSPS) is 10.7. The molecule has 0 radical (unpaired) electrons. The first kappa shape index (κ1) is 17.3. The largest absolute Gasteiger partial charge is 0.323 e. The maximum atomic E-state index is 11.8. The van der Waals surface area contributed by atoms with Crippen molar-refractivity contribution in [3.05, 3.63) is 70.3 Å². The van der Waals surface area contributed by atoms with E-state index in [4.69, 9.17) is 0 Å². The monoisotopic (exact) mass is 372 g/mol. The number of anilines is 1. The minimum Gasteiger partial charge on any atom is -0.314 e. The minimum atomic E-state index is -0.252. The highest BCUT2D eigenvalue weighted by atomic mass is 79.9. The molecule has 2 rings (SSSR count). The molecular weight excluding hydrogens is 352 g/mol. The van der Waals surface area contributed by atoms with E-state index in [0.29, 0.717) is 0 Å². The second-order valence-corrected chi connectivity index (χ2v) is 6.20. The van der Waals surface area contributed by atoms with E-state index < -0.39 is 0 Å². The van der Waals surface area contributed by atoms with Crippen LogP contribution < -0.4 is 10.6 Å². The number of hydrogen-bond acceptors (Lipinski definition) is 1. The number of aryl methyl sites for hydroxylation is 1. The lowest BCUT2D eigenvalue weighted by molar-refractivity contribution is 0.255. The third kappa shape index (κ3) is 6.28. The molecule has 0 bridgehead atoms. The van der Waals surface area contributed by atoms with Gasteiger partial charge in [0.2, 0.25) is 0 Å². The third-order valence-corrected chi connectivity index (χ3v) is 3.86.